The first-order valence-electron chi connectivity index (χ1n) is 10.5. The summed E-state index contributed by atoms with van der Waals surface area (Å²) < 4.78 is 35.0. The van der Waals surface area contributed by atoms with Gasteiger partial charge in [-0.25, -0.2) is 8.42 Å². The molecule has 158 valence electrons. The Bertz CT molecular complexity index is 971. The van der Waals surface area contributed by atoms with Gasteiger partial charge in [0.2, 0.25) is 15.9 Å². The molecule has 0 N–H and O–H groups in total. The molecule has 2 saturated heterocycles. The average Bonchev–Trinajstić information content (AvgIpc) is 2.96. The summed E-state index contributed by atoms with van der Waals surface area (Å²) in [4.78, 5) is 15.0. The fourth-order valence-electron chi connectivity index (χ4n) is 4.24. The molecule has 3 heterocycles. The summed E-state index contributed by atoms with van der Waals surface area (Å²) in [5.41, 5.74) is 0.869. The number of ether oxygens (including phenoxy) is 1. The zero-order valence-corrected chi connectivity index (χ0v) is 17.7. The van der Waals surface area contributed by atoms with E-state index in [1.54, 1.807) is 16.4 Å². The molecule has 29 heavy (non-hydrogen) atoms. The second-order valence-electron chi connectivity index (χ2n) is 7.88. The van der Waals surface area contributed by atoms with Crippen molar-refractivity contribution in [1.29, 1.82) is 0 Å². The van der Waals surface area contributed by atoms with Gasteiger partial charge in [-0.2, -0.15) is 4.31 Å². The number of nitrogens with zero attached hydrogens (tertiary/aromatic N) is 3. The minimum Gasteiger partial charge on any atom is -0.378 e. The first kappa shape index (κ1) is 20.4. The number of amides is 1. The predicted molar refractivity (Wildman–Crippen MR) is 111 cm³/mol. The van der Waals surface area contributed by atoms with Crippen LogP contribution in [0.2, 0.25) is 0 Å². The highest BCUT2D eigenvalue weighted by molar-refractivity contribution is 7.89. The summed E-state index contributed by atoms with van der Waals surface area (Å²) in [5.74, 6) is 0.0621. The minimum absolute atomic E-state index is 0.0621. The molecule has 0 aliphatic carbocycles. The maximum Gasteiger partial charge on any atom is 0.245 e. The van der Waals surface area contributed by atoms with Crippen LogP contribution in [0.5, 0.6) is 0 Å². The van der Waals surface area contributed by atoms with Crippen LogP contribution in [0, 0.1) is 0 Å². The number of fused-ring (bicyclic) bond motifs is 1. The minimum atomic E-state index is -3.49. The van der Waals surface area contributed by atoms with E-state index in [1.807, 2.05) is 34.7 Å². The van der Waals surface area contributed by atoms with Crippen molar-refractivity contribution in [3.8, 4) is 0 Å². The molecule has 1 aromatic carbocycles. The average molecular weight is 420 g/mol. The normalized spacial score (nSPS) is 20.5. The number of morpholine rings is 1. The third-order valence-electron chi connectivity index (χ3n) is 5.99. The molecule has 1 amide bonds. The summed E-state index contributed by atoms with van der Waals surface area (Å²) in [5, 5.41) is 0.836. The molecular formula is C21H29N3O4S. The third-order valence-corrected chi connectivity index (χ3v) is 7.89. The standard InChI is InChI=1S/C21H29N3O4S/c1-17(21(25)22-12-14-28-15-13-22)24-11-8-18-16-19(6-7-20(18)24)29(26,27)23-9-4-2-3-5-10-23/h6-8,11,16-17H,2-5,9-10,12-15H2,1H3/t17-/m0/s1. The van der Waals surface area contributed by atoms with Crippen molar-refractivity contribution >= 4 is 26.8 Å². The fraction of sp³-hybridized carbons (Fsp3) is 0.571. The van der Waals surface area contributed by atoms with Crippen molar-refractivity contribution in [3.05, 3.63) is 30.5 Å². The molecule has 7 nitrogen and oxygen atoms in total. The monoisotopic (exact) mass is 419 g/mol. The van der Waals surface area contributed by atoms with Gasteiger partial charge >= 0.3 is 0 Å². The number of hydrogen-bond donors (Lipinski definition) is 0. The molecule has 0 saturated carbocycles. The van der Waals surface area contributed by atoms with Crippen molar-refractivity contribution in [3.63, 3.8) is 0 Å². The summed E-state index contributed by atoms with van der Waals surface area (Å²) in [6.07, 6.45) is 5.87. The van der Waals surface area contributed by atoms with Crippen molar-refractivity contribution < 1.29 is 17.9 Å². The Labute approximate surface area is 172 Å². The summed E-state index contributed by atoms with van der Waals surface area (Å²) >= 11 is 0. The molecule has 0 radical (unpaired) electrons. The second kappa shape index (κ2) is 8.45. The van der Waals surface area contributed by atoms with E-state index in [9.17, 15) is 13.2 Å². The fourth-order valence-corrected chi connectivity index (χ4v) is 5.79. The lowest BCUT2D eigenvalue weighted by Crippen LogP contribution is -2.43. The molecule has 4 rings (SSSR count). The lowest BCUT2D eigenvalue weighted by molar-refractivity contribution is -0.138. The van der Waals surface area contributed by atoms with E-state index in [0.29, 0.717) is 44.3 Å². The predicted octanol–water partition coefficient (Wildman–Crippen LogP) is 2.63. The first-order valence-corrected chi connectivity index (χ1v) is 11.9. The molecule has 8 heteroatoms. The maximum atomic E-state index is 13.1. The van der Waals surface area contributed by atoms with E-state index in [0.717, 1.165) is 36.6 Å². The number of hydrogen-bond acceptors (Lipinski definition) is 4. The number of rotatable bonds is 4. The summed E-state index contributed by atoms with van der Waals surface area (Å²) in [7, 11) is -3.49. The highest BCUT2D eigenvalue weighted by atomic mass is 32.2. The van der Waals surface area contributed by atoms with Crippen molar-refractivity contribution in [2.45, 2.75) is 43.5 Å². The molecule has 0 unspecified atom stereocenters. The zero-order valence-electron chi connectivity index (χ0n) is 16.9. The van der Waals surface area contributed by atoms with Gasteiger partial charge in [0.05, 0.1) is 18.1 Å². The van der Waals surface area contributed by atoms with Crippen LogP contribution in [0.15, 0.2) is 35.4 Å². The first-order chi connectivity index (χ1) is 14.0. The Balaban J connectivity index is 1.59. The van der Waals surface area contributed by atoms with Gasteiger partial charge in [0.15, 0.2) is 0 Å². The van der Waals surface area contributed by atoms with E-state index >= 15 is 0 Å². The molecule has 2 aliphatic heterocycles. The van der Waals surface area contributed by atoms with E-state index in [2.05, 4.69) is 0 Å². The van der Waals surface area contributed by atoms with Crippen LogP contribution in [-0.2, 0) is 19.6 Å². The van der Waals surface area contributed by atoms with Gasteiger partial charge in [0, 0.05) is 43.3 Å². The lowest BCUT2D eigenvalue weighted by Gasteiger charge is -2.30. The van der Waals surface area contributed by atoms with E-state index in [1.165, 1.54) is 0 Å². The Morgan fingerprint density at radius 2 is 1.69 bits per heavy atom. The number of sulfonamides is 1. The number of carbonyl (C=O) groups excluding carboxylic acids is 1. The third kappa shape index (κ3) is 4.06. The van der Waals surface area contributed by atoms with Gasteiger partial charge in [-0.1, -0.05) is 12.8 Å². The number of aromatic nitrogens is 1. The van der Waals surface area contributed by atoms with Crippen LogP contribution in [0.1, 0.15) is 38.6 Å². The molecule has 1 aromatic heterocycles. The Morgan fingerprint density at radius 3 is 2.38 bits per heavy atom. The van der Waals surface area contributed by atoms with Gasteiger partial charge < -0.3 is 14.2 Å². The van der Waals surface area contributed by atoms with Gasteiger partial charge in [-0.05, 0) is 44.0 Å². The van der Waals surface area contributed by atoms with Gasteiger partial charge in [0.25, 0.3) is 0 Å². The van der Waals surface area contributed by atoms with Gasteiger partial charge in [-0.3, -0.25) is 4.79 Å². The highest BCUT2D eigenvalue weighted by Gasteiger charge is 2.27. The van der Waals surface area contributed by atoms with Crippen molar-refractivity contribution in [1.82, 2.24) is 13.8 Å². The molecule has 2 aromatic rings. The maximum absolute atomic E-state index is 13.1. The Morgan fingerprint density at radius 1 is 1.00 bits per heavy atom. The molecule has 0 spiro atoms. The van der Waals surface area contributed by atoms with Crippen LogP contribution >= 0.6 is 0 Å². The van der Waals surface area contributed by atoms with Gasteiger partial charge in [-0.15, -0.1) is 0 Å². The molecule has 2 fully saturated rings. The van der Waals surface area contributed by atoms with Crippen LogP contribution in [0.4, 0.5) is 0 Å². The Hall–Kier alpha value is -1.90. The SMILES string of the molecule is C[C@@H](C(=O)N1CCOCC1)n1ccc2cc(S(=O)(=O)N3CCCCCC3)ccc21. The molecule has 2 aliphatic rings. The van der Waals surface area contributed by atoms with E-state index < -0.39 is 10.0 Å². The van der Waals surface area contributed by atoms with Crippen LogP contribution in [-0.4, -0.2) is 67.5 Å². The Kier molecular flexibility index (Phi) is 5.94. The van der Waals surface area contributed by atoms with Gasteiger partial charge in [0.1, 0.15) is 6.04 Å². The van der Waals surface area contributed by atoms with Crippen molar-refractivity contribution in [2.75, 3.05) is 39.4 Å². The van der Waals surface area contributed by atoms with E-state index in [4.69, 9.17) is 4.74 Å². The van der Waals surface area contributed by atoms with Crippen molar-refractivity contribution in [2.24, 2.45) is 0 Å². The molecular weight excluding hydrogens is 390 g/mol. The smallest absolute Gasteiger partial charge is 0.245 e. The van der Waals surface area contributed by atoms with Crippen LogP contribution < -0.4 is 0 Å². The number of carbonyl (C=O) groups is 1. The molecule has 1 atom stereocenters. The second-order valence-corrected chi connectivity index (χ2v) is 9.81. The summed E-state index contributed by atoms with van der Waals surface area (Å²) in [6.45, 7) is 5.43. The largest absolute Gasteiger partial charge is 0.378 e. The van der Waals surface area contributed by atoms with E-state index in [-0.39, 0.29) is 11.9 Å². The highest BCUT2D eigenvalue weighted by Crippen LogP contribution is 2.27. The van der Waals surface area contributed by atoms with Crippen LogP contribution in [0.3, 0.4) is 0 Å². The summed E-state index contributed by atoms with van der Waals surface area (Å²) in [6, 6.07) is 6.77. The number of benzene rings is 1. The van der Waals surface area contributed by atoms with Crippen LogP contribution in [0.25, 0.3) is 10.9 Å². The zero-order chi connectivity index (χ0) is 20.4. The lowest BCUT2D eigenvalue weighted by atomic mass is 10.2. The quantitative estimate of drug-likeness (QED) is 0.764. The molecule has 0 bridgehead atoms. The topological polar surface area (TPSA) is 71.8 Å².